The van der Waals surface area contributed by atoms with Gasteiger partial charge in [0.15, 0.2) is 16.6 Å². The van der Waals surface area contributed by atoms with Gasteiger partial charge in [0.05, 0.1) is 14.2 Å². The van der Waals surface area contributed by atoms with Crippen LogP contribution in [0.15, 0.2) is 36.4 Å². The molecule has 0 saturated carbocycles. The van der Waals surface area contributed by atoms with E-state index < -0.39 is 0 Å². The molecule has 5 heteroatoms. The van der Waals surface area contributed by atoms with E-state index >= 15 is 0 Å². The van der Waals surface area contributed by atoms with Crippen molar-refractivity contribution in [3.63, 3.8) is 0 Å². The van der Waals surface area contributed by atoms with Gasteiger partial charge < -0.3 is 20.1 Å². The lowest BCUT2D eigenvalue weighted by molar-refractivity contribution is 0.354. The molecule has 0 aliphatic carbocycles. The molecule has 0 radical (unpaired) electrons. The van der Waals surface area contributed by atoms with Crippen LogP contribution in [0, 0.1) is 13.8 Å². The van der Waals surface area contributed by atoms with Crippen molar-refractivity contribution >= 4 is 23.0 Å². The van der Waals surface area contributed by atoms with E-state index in [1.54, 1.807) is 14.2 Å². The first-order valence-electron chi connectivity index (χ1n) is 7.86. The van der Waals surface area contributed by atoms with Crippen LogP contribution in [0.2, 0.25) is 0 Å². The number of methoxy groups -OCH3 is 2. The molecule has 128 valence electrons. The fourth-order valence-electron chi connectivity index (χ4n) is 2.58. The zero-order chi connectivity index (χ0) is 17.5. The number of nitrogens with one attached hydrogen (secondary N) is 2. The van der Waals surface area contributed by atoms with Crippen molar-refractivity contribution in [3.05, 3.63) is 53.1 Å². The number of thiocarbonyl (C=S) groups is 1. The summed E-state index contributed by atoms with van der Waals surface area (Å²) in [4.78, 5) is 0. The normalized spacial score (nSPS) is 10.2. The molecule has 0 amide bonds. The van der Waals surface area contributed by atoms with Crippen LogP contribution >= 0.6 is 12.2 Å². The van der Waals surface area contributed by atoms with Gasteiger partial charge in [-0.15, -0.1) is 0 Å². The van der Waals surface area contributed by atoms with E-state index in [4.69, 9.17) is 21.7 Å². The maximum Gasteiger partial charge on any atom is 0.170 e. The average molecular weight is 344 g/mol. The topological polar surface area (TPSA) is 42.5 Å². The fraction of sp³-hybridized carbons (Fsp3) is 0.316. The Morgan fingerprint density at radius 3 is 2.25 bits per heavy atom. The van der Waals surface area contributed by atoms with Crippen LogP contribution in [0.4, 0.5) is 5.69 Å². The molecule has 0 aliphatic heterocycles. The van der Waals surface area contributed by atoms with E-state index in [2.05, 4.69) is 42.7 Å². The molecule has 0 aliphatic rings. The quantitative estimate of drug-likeness (QED) is 0.779. The molecule has 0 atom stereocenters. The van der Waals surface area contributed by atoms with Crippen LogP contribution in [0.1, 0.15) is 16.7 Å². The summed E-state index contributed by atoms with van der Waals surface area (Å²) < 4.78 is 10.6. The van der Waals surface area contributed by atoms with Gasteiger partial charge in [-0.1, -0.05) is 12.1 Å². The van der Waals surface area contributed by atoms with Gasteiger partial charge in [0.2, 0.25) is 0 Å². The zero-order valence-electron chi connectivity index (χ0n) is 14.6. The maximum absolute atomic E-state index is 5.36. The Bertz CT molecular complexity index is 696. The molecule has 0 spiro atoms. The second kappa shape index (κ2) is 8.55. The first-order chi connectivity index (χ1) is 11.5. The van der Waals surface area contributed by atoms with Gasteiger partial charge in [-0.05, 0) is 73.4 Å². The molecular weight excluding hydrogens is 320 g/mol. The first kappa shape index (κ1) is 18.1. The average Bonchev–Trinajstić information content (AvgIpc) is 2.53. The molecule has 0 aromatic heterocycles. The number of rotatable bonds is 6. The third-order valence-electron chi connectivity index (χ3n) is 3.63. The van der Waals surface area contributed by atoms with Gasteiger partial charge in [0.25, 0.3) is 0 Å². The Labute approximate surface area is 149 Å². The summed E-state index contributed by atoms with van der Waals surface area (Å²) in [5, 5.41) is 7.08. The van der Waals surface area contributed by atoms with Crippen LogP contribution in [-0.4, -0.2) is 25.9 Å². The van der Waals surface area contributed by atoms with E-state index in [1.807, 2.05) is 18.2 Å². The predicted octanol–water partition coefficient (Wildman–Crippen LogP) is 3.85. The molecule has 0 unspecified atom stereocenters. The van der Waals surface area contributed by atoms with Crippen molar-refractivity contribution in [1.29, 1.82) is 0 Å². The first-order valence-corrected chi connectivity index (χ1v) is 8.26. The molecule has 2 aromatic rings. The standard InChI is InChI=1S/C19H24N2O2S/c1-13-9-14(2)11-16(10-13)21-19(24)20-8-7-15-5-6-17(22-3)18(12-15)23-4/h5-6,9-12H,7-8H2,1-4H3,(H2,20,21,24). The second-order valence-corrected chi connectivity index (χ2v) is 6.10. The largest absolute Gasteiger partial charge is 0.493 e. The van der Waals surface area contributed by atoms with Gasteiger partial charge in [-0.3, -0.25) is 0 Å². The molecule has 2 rings (SSSR count). The summed E-state index contributed by atoms with van der Waals surface area (Å²) in [5.74, 6) is 1.48. The van der Waals surface area contributed by atoms with E-state index in [0.717, 1.165) is 35.7 Å². The molecule has 0 bridgehead atoms. The summed E-state index contributed by atoms with van der Waals surface area (Å²) in [7, 11) is 3.28. The summed E-state index contributed by atoms with van der Waals surface area (Å²) in [5.41, 5.74) is 4.60. The minimum atomic E-state index is 0.625. The summed E-state index contributed by atoms with van der Waals surface area (Å²) >= 11 is 5.36. The number of hydrogen-bond acceptors (Lipinski definition) is 3. The lowest BCUT2D eigenvalue weighted by Crippen LogP contribution is -2.30. The van der Waals surface area contributed by atoms with E-state index in [9.17, 15) is 0 Å². The highest BCUT2D eigenvalue weighted by molar-refractivity contribution is 7.80. The van der Waals surface area contributed by atoms with Crippen LogP contribution < -0.4 is 20.1 Å². The van der Waals surface area contributed by atoms with Crippen molar-refractivity contribution in [3.8, 4) is 11.5 Å². The summed E-state index contributed by atoms with van der Waals surface area (Å²) in [6.45, 7) is 4.89. The summed E-state index contributed by atoms with van der Waals surface area (Å²) in [6.07, 6.45) is 0.842. The Balaban J connectivity index is 1.86. The van der Waals surface area contributed by atoms with Gasteiger partial charge in [0.1, 0.15) is 0 Å². The molecule has 24 heavy (non-hydrogen) atoms. The van der Waals surface area contributed by atoms with E-state index in [1.165, 1.54) is 11.1 Å². The zero-order valence-corrected chi connectivity index (χ0v) is 15.4. The molecule has 0 saturated heterocycles. The Morgan fingerprint density at radius 2 is 1.62 bits per heavy atom. The van der Waals surface area contributed by atoms with Gasteiger partial charge in [-0.2, -0.15) is 0 Å². The van der Waals surface area contributed by atoms with Crippen molar-refractivity contribution in [2.24, 2.45) is 0 Å². The molecular formula is C19H24N2O2S. The lowest BCUT2D eigenvalue weighted by atomic mass is 10.1. The monoisotopic (exact) mass is 344 g/mol. The highest BCUT2D eigenvalue weighted by atomic mass is 32.1. The molecule has 2 aromatic carbocycles. The Morgan fingerprint density at radius 1 is 0.958 bits per heavy atom. The smallest absolute Gasteiger partial charge is 0.170 e. The fourth-order valence-corrected chi connectivity index (χ4v) is 2.80. The number of aryl methyl sites for hydroxylation is 2. The van der Waals surface area contributed by atoms with Crippen LogP contribution in [0.5, 0.6) is 11.5 Å². The van der Waals surface area contributed by atoms with Crippen molar-refractivity contribution < 1.29 is 9.47 Å². The van der Waals surface area contributed by atoms with Crippen LogP contribution in [0.3, 0.4) is 0 Å². The SMILES string of the molecule is COc1ccc(CCNC(=S)Nc2cc(C)cc(C)c2)cc1OC. The van der Waals surface area contributed by atoms with Crippen molar-refractivity contribution in [1.82, 2.24) is 5.32 Å². The highest BCUT2D eigenvalue weighted by Gasteiger charge is 2.05. The minimum absolute atomic E-state index is 0.625. The second-order valence-electron chi connectivity index (χ2n) is 5.70. The van der Waals surface area contributed by atoms with Crippen LogP contribution in [0.25, 0.3) is 0 Å². The summed E-state index contributed by atoms with van der Waals surface area (Å²) in [6, 6.07) is 12.2. The van der Waals surface area contributed by atoms with E-state index in [0.29, 0.717) is 5.11 Å². The maximum atomic E-state index is 5.36. The van der Waals surface area contributed by atoms with Gasteiger partial charge in [-0.25, -0.2) is 0 Å². The molecule has 2 N–H and O–H groups in total. The number of hydrogen-bond donors (Lipinski definition) is 2. The Kier molecular flexibility index (Phi) is 6.44. The van der Waals surface area contributed by atoms with Crippen LogP contribution in [-0.2, 0) is 6.42 Å². The third kappa shape index (κ3) is 5.13. The van der Waals surface area contributed by atoms with Crippen molar-refractivity contribution in [2.75, 3.05) is 26.1 Å². The number of anilines is 1. The van der Waals surface area contributed by atoms with Gasteiger partial charge in [0, 0.05) is 12.2 Å². The number of benzene rings is 2. The highest BCUT2D eigenvalue weighted by Crippen LogP contribution is 2.27. The molecule has 0 heterocycles. The van der Waals surface area contributed by atoms with E-state index in [-0.39, 0.29) is 0 Å². The predicted molar refractivity (Wildman–Crippen MR) is 103 cm³/mol. The molecule has 4 nitrogen and oxygen atoms in total. The number of ether oxygens (including phenoxy) is 2. The lowest BCUT2D eigenvalue weighted by Gasteiger charge is -2.13. The Hall–Kier alpha value is -2.27. The minimum Gasteiger partial charge on any atom is -0.493 e. The third-order valence-corrected chi connectivity index (χ3v) is 3.87. The van der Waals surface area contributed by atoms with Crippen molar-refractivity contribution in [2.45, 2.75) is 20.3 Å². The molecule has 0 fully saturated rings. The van der Waals surface area contributed by atoms with Gasteiger partial charge >= 0.3 is 0 Å².